The molecule has 33 heavy (non-hydrogen) atoms. The minimum atomic E-state index is -1.07. The number of ether oxygens (including phenoxy) is 1. The number of non-ortho nitro benzene ring substituents is 1. The second kappa shape index (κ2) is 10.5. The topological polar surface area (TPSA) is 189 Å². The van der Waals surface area contributed by atoms with E-state index in [1.807, 2.05) is 13.8 Å². The molecule has 0 aliphatic carbocycles. The van der Waals surface area contributed by atoms with Gasteiger partial charge >= 0.3 is 11.7 Å². The largest absolute Gasteiger partial charge is 0.454 e. The van der Waals surface area contributed by atoms with Gasteiger partial charge in [0, 0.05) is 38.0 Å². The lowest BCUT2D eigenvalue weighted by Crippen LogP contribution is -2.43. The van der Waals surface area contributed by atoms with Crippen LogP contribution in [-0.4, -0.2) is 50.7 Å². The molecule has 0 aliphatic rings. The zero-order valence-electron chi connectivity index (χ0n) is 18.4. The minimum absolute atomic E-state index is 0.0120. The van der Waals surface area contributed by atoms with Gasteiger partial charge in [0.1, 0.15) is 11.4 Å². The molecule has 4 N–H and O–H groups in total. The molecule has 0 radical (unpaired) electrons. The van der Waals surface area contributed by atoms with Crippen LogP contribution in [0.3, 0.4) is 0 Å². The summed E-state index contributed by atoms with van der Waals surface area (Å²) in [4.78, 5) is 60.5. The minimum Gasteiger partial charge on any atom is -0.454 e. The fourth-order valence-electron chi connectivity index (χ4n) is 3.03. The third-order valence-corrected chi connectivity index (χ3v) is 4.61. The third kappa shape index (κ3) is 5.63. The van der Waals surface area contributed by atoms with E-state index >= 15 is 0 Å². The number of nitro benzene ring substituents is 1. The number of aliphatic hydroxyl groups excluding tert-OH is 1. The van der Waals surface area contributed by atoms with Crippen molar-refractivity contribution in [3.8, 4) is 0 Å². The number of rotatable bonds is 10. The van der Waals surface area contributed by atoms with E-state index < -0.39 is 40.1 Å². The highest BCUT2D eigenvalue weighted by Gasteiger charge is 2.24. The molecule has 13 heteroatoms. The Hall–Kier alpha value is -4.00. The van der Waals surface area contributed by atoms with Crippen LogP contribution in [0, 0.1) is 16.0 Å². The number of Topliss-reactive ketones (excluding diaryl/α,β-unsaturated/α-hetero) is 1. The van der Waals surface area contributed by atoms with E-state index in [1.165, 1.54) is 13.1 Å². The molecule has 2 rings (SSSR count). The van der Waals surface area contributed by atoms with Gasteiger partial charge in [0.15, 0.2) is 6.61 Å². The van der Waals surface area contributed by atoms with Gasteiger partial charge in [-0.05, 0) is 12.0 Å². The van der Waals surface area contributed by atoms with Crippen molar-refractivity contribution in [2.75, 3.05) is 30.8 Å². The Bertz CT molecular complexity index is 1200. The maximum Gasteiger partial charge on any atom is 0.340 e. The number of esters is 1. The number of hydrogen-bond donors (Lipinski definition) is 3. The maximum atomic E-state index is 12.7. The molecule has 0 saturated carbocycles. The summed E-state index contributed by atoms with van der Waals surface area (Å²) in [6.45, 7) is 2.70. The molecule has 0 bridgehead atoms. The molecule has 0 fully saturated rings. The number of aliphatic hydroxyl groups is 1. The zero-order chi connectivity index (χ0) is 24.9. The first-order valence-electron chi connectivity index (χ1n) is 9.92. The van der Waals surface area contributed by atoms with Crippen molar-refractivity contribution in [3.05, 3.63) is 60.3 Å². The molecular weight excluding hydrogens is 438 g/mol. The van der Waals surface area contributed by atoms with E-state index in [1.54, 1.807) is 0 Å². The van der Waals surface area contributed by atoms with Crippen LogP contribution in [0.1, 0.15) is 34.6 Å². The molecule has 0 unspecified atom stereocenters. The summed E-state index contributed by atoms with van der Waals surface area (Å²) in [7, 11) is 1.20. The van der Waals surface area contributed by atoms with Gasteiger partial charge in [-0.15, -0.1) is 0 Å². The van der Waals surface area contributed by atoms with Crippen LogP contribution in [0.2, 0.25) is 0 Å². The second-order valence-corrected chi connectivity index (χ2v) is 7.55. The van der Waals surface area contributed by atoms with Gasteiger partial charge in [0.25, 0.3) is 11.2 Å². The number of aromatic nitrogens is 2. The van der Waals surface area contributed by atoms with Crippen LogP contribution in [-0.2, 0) is 18.3 Å². The second-order valence-electron chi connectivity index (χ2n) is 7.55. The number of nitrogens with one attached hydrogen (secondary N) is 1. The SMILES string of the molecule is CC(C)Cn1c(N)c(C(=O)COC(=O)c2cc([N+](=O)[O-])ccc2NCCO)c(=O)n(C)c1=O. The summed E-state index contributed by atoms with van der Waals surface area (Å²) in [5, 5.41) is 22.7. The molecule has 2 aromatic rings. The molecular formula is C20H25N5O8. The number of carbonyl (C=O) groups is 2. The number of hydrogen-bond acceptors (Lipinski definition) is 10. The van der Waals surface area contributed by atoms with Gasteiger partial charge in [-0.3, -0.25) is 28.8 Å². The van der Waals surface area contributed by atoms with Gasteiger partial charge in [0.05, 0.1) is 17.1 Å². The van der Waals surface area contributed by atoms with Gasteiger partial charge in [0.2, 0.25) is 5.78 Å². The van der Waals surface area contributed by atoms with Crippen LogP contribution >= 0.6 is 0 Å². The molecule has 0 aliphatic heterocycles. The zero-order valence-corrected chi connectivity index (χ0v) is 18.4. The molecule has 0 atom stereocenters. The van der Waals surface area contributed by atoms with E-state index in [4.69, 9.17) is 15.6 Å². The Morgan fingerprint density at radius 1 is 1.30 bits per heavy atom. The average molecular weight is 463 g/mol. The summed E-state index contributed by atoms with van der Waals surface area (Å²) >= 11 is 0. The van der Waals surface area contributed by atoms with E-state index in [2.05, 4.69) is 5.32 Å². The van der Waals surface area contributed by atoms with Crippen molar-refractivity contribution >= 4 is 28.9 Å². The Balaban J connectivity index is 2.35. The highest BCUT2D eigenvalue weighted by atomic mass is 16.6. The number of carbonyl (C=O) groups excluding carboxylic acids is 2. The Morgan fingerprint density at radius 3 is 2.55 bits per heavy atom. The number of benzene rings is 1. The first kappa shape index (κ1) is 25.3. The fraction of sp³-hybridized carbons (Fsp3) is 0.400. The Kier molecular flexibility index (Phi) is 8.07. The van der Waals surface area contributed by atoms with E-state index in [-0.39, 0.29) is 48.4 Å². The van der Waals surface area contributed by atoms with Crippen LogP contribution < -0.4 is 22.3 Å². The standard InChI is InChI=1S/C20H25N5O8/c1-11(2)9-24-17(21)16(18(28)23(3)20(24)30)15(27)10-33-19(29)13-8-12(25(31)32)4-5-14(13)22-6-7-26/h4-5,8,11,22,26H,6-7,9-10,21H2,1-3H3. The third-order valence-electron chi connectivity index (χ3n) is 4.61. The van der Waals surface area contributed by atoms with Gasteiger partial charge < -0.3 is 20.9 Å². The lowest BCUT2D eigenvalue weighted by molar-refractivity contribution is -0.384. The van der Waals surface area contributed by atoms with Crippen molar-refractivity contribution in [2.24, 2.45) is 13.0 Å². The molecule has 1 aromatic carbocycles. The summed E-state index contributed by atoms with van der Waals surface area (Å²) in [5.74, 6) is -2.35. The van der Waals surface area contributed by atoms with Crippen LogP contribution in [0.25, 0.3) is 0 Å². The number of nitro groups is 1. The molecule has 1 aromatic heterocycles. The molecule has 178 valence electrons. The average Bonchev–Trinajstić information content (AvgIpc) is 2.77. The first-order valence-corrected chi connectivity index (χ1v) is 9.92. The molecule has 0 saturated heterocycles. The molecule has 1 heterocycles. The first-order chi connectivity index (χ1) is 15.5. The molecule has 0 amide bonds. The lowest BCUT2D eigenvalue weighted by atomic mass is 10.1. The van der Waals surface area contributed by atoms with Crippen molar-refractivity contribution in [1.29, 1.82) is 0 Å². The number of anilines is 2. The molecule has 13 nitrogen and oxygen atoms in total. The predicted octanol–water partition coefficient (Wildman–Crippen LogP) is 0.137. The lowest BCUT2D eigenvalue weighted by Gasteiger charge is -2.16. The van der Waals surface area contributed by atoms with E-state index in [0.29, 0.717) is 0 Å². The van der Waals surface area contributed by atoms with Crippen LogP contribution in [0.4, 0.5) is 17.2 Å². The van der Waals surface area contributed by atoms with Crippen LogP contribution in [0.15, 0.2) is 27.8 Å². The summed E-state index contributed by atoms with van der Waals surface area (Å²) < 4.78 is 6.83. The number of nitrogen functional groups attached to an aromatic ring is 1. The highest BCUT2D eigenvalue weighted by Crippen LogP contribution is 2.23. The van der Waals surface area contributed by atoms with Gasteiger partial charge in [-0.2, -0.15) is 0 Å². The summed E-state index contributed by atoms with van der Waals surface area (Å²) in [6.07, 6.45) is 0. The van der Waals surface area contributed by atoms with Crippen molar-refractivity contribution in [1.82, 2.24) is 9.13 Å². The van der Waals surface area contributed by atoms with Crippen LogP contribution in [0.5, 0.6) is 0 Å². The van der Waals surface area contributed by atoms with Crippen molar-refractivity contribution in [3.63, 3.8) is 0 Å². The normalized spacial score (nSPS) is 10.8. The van der Waals surface area contributed by atoms with Crippen molar-refractivity contribution in [2.45, 2.75) is 20.4 Å². The van der Waals surface area contributed by atoms with E-state index in [9.17, 15) is 29.3 Å². The quantitative estimate of drug-likeness (QED) is 0.189. The number of nitrogens with zero attached hydrogens (tertiary/aromatic N) is 3. The van der Waals surface area contributed by atoms with E-state index in [0.717, 1.165) is 21.3 Å². The van der Waals surface area contributed by atoms with Crippen molar-refractivity contribution < 1.29 is 24.4 Å². The number of ketones is 1. The summed E-state index contributed by atoms with van der Waals surface area (Å²) in [6, 6.07) is 3.38. The highest BCUT2D eigenvalue weighted by molar-refractivity contribution is 6.03. The molecule has 0 spiro atoms. The predicted molar refractivity (Wildman–Crippen MR) is 118 cm³/mol. The Labute approximate surface area is 187 Å². The number of nitrogens with two attached hydrogens (primary N) is 1. The fourth-order valence-corrected chi connectivity index (χ4v) is 3.03. The van der Waals surface area contributed by atoms with Gasteiger partial charge in [-0.25, -0.2) is 9.59 Å². The monoisotopic (exact) mass is 463 g/mol. The summed E-state index contributed by atoms with van der Waals surface area (Å²) in [5.41, 5.74) is 3.34. The van der Waals surface area contributed by atoms with Gasteiger partial charge in [-0.1, -0.05) is 13.8 Å². The maximum absolute atomic E-state index is 12.7. The smallest absolute Gasteiger partial charge is 0.340 e. The Morgan fingerprint density at radius 2 is 1.97 bits per heavy atom.